The van der Waals surface area contributed by atoms with Gasteiger partial charge in [0, 0.05) is 33.0 Å². The summed E-state index contributed by atoms with van der Waals surface area (Å²) in [6, 6.07) is 92.7. The van der Waals surface area contributed by atoms with Gasteiger partial charge < -0.3 is 9.46 Å². The van der Waals surface area contributed by atoms with Gasteiger partial charge in [-0.1, -0.05) is 237 Å². The molecule has 0 amide bonds. The lowest BCUT2D eigenvalue weighted by Gasteiger charge is -2.25. The van der Waals surface area contributed by atoms with Crippen molar-refractivity contribution in [1.82, 2.24) is 0 Å². The molecule has 9 aromatic rings. The molecule has 282 valence electrons. The molecule has 0 heterocycles. The number of rotatable bonds is 9. The van der Waals surface area contributed by atoms with Gasteiger partial charge in [0.2, 0.25) is 0 Å². The fraction of sp³-hybridized carbons (Fsp3) is 0. The van der Waals surface area contributed by atoms with E-state index in [0.717, 1.165) is 15.9 Å². The first-order valence-electron chi connectivity index (χ1n) is 19.4. The van der Waals surface area contributed by atoms with Crippen molar-refractivity contribution in [2.75, 3.05) is 4.90 Å². The molecule has 0 spiro atoms. The number of hydrogen-bond acceptors (Lipinski definition) is 2. The van der Waals surface area contributed by atoms with E-state index in [2.05, 4.69) is 169 Å². The summed E-state index contributed by atoms with van der Waals surface area (Å²) in [6.07, 6.45) is 0. The summed E-state index contributed by atoms with van der Waals surface area (Å²) in [6.45, 7) is 0. The summed E-state index contributed by atoms with van der Waals surface area (Å²) < 4.78 is 13.8. The minimum absolute atomic E-state index is 0.446. The SMILES string of the molecule is O=P(c1ccccc1)(c1ccccc1)c1ccccc1.c1ccc(N(c2ccccc2)c2ccccc2)cc1.c1ccc(P(c2ccccc2)c2ccccc2)cc1. The molecule has 9 rings (SSSR count). The van der Waals surface area contributed by atoms with Gasteiger partial charge in [0.25, 0.3) is 0 Å². The average Bonchev–Trinajstić information content (AvgIpc) is 3.32. The van der Waals surface area contributed by atoms with Crippen LogP contribution in [0.4, 0.5) is 17.1 Å². The normalized spacial score (nSPS) is 10.6. The van der Waals surface area contributed by atoms with E-state index < -0.39 is 15.1 Å². The molecule has 0 aliphatic rings. The standard InChI is InChI=1S/C18H15N.C18H15OP.C18H15P/c1-4-10-16(11-5-1)19(17-12-6-2-7-13-17)18-14-8-3-9-15-18;19-20(16-10-4-1-5-11-16,17-12-6-2-7-13-17)18-14-8-3-9-15-18;1-4-10-16(11-5-1)19(17-12-6-2-7-13-17)18-14-8-3-9-15-18/h1-15H;1-15H;1-15H. The summed E-state index contributed by atoms with van der Waals surface area (Å²) in [7, 11) is -3.22. The maximum absolute atomic E-state index is 13.8. The van der Waals surface area contributed by atoms with Crippen LogP contribution in [-0.4, -0.2) is 0 Å². The van der Waals surface area contributed by atoms with Gasteiger partial charge in [0.1, 0.15) is 0 Å². The molecule has 4 heteroatoms. The molecule has 0 aliphatic heterocycles. The summed E-state index contributed by atoms with van der Waals surface area (Å²) in [5.74, 6) is 0. The van der Waals surface area contributed by atoms with Crippen LogP contribution < -0.4 is 36.7 Å². The maximum Gasteiger partial charge on any atom is 0.171 e. The second-order valence-corrected chi connectivity index (χ2v) is 18.3. The minimum atomic E-state index is -2.78. The quantitative estimate of drug-likeness (QED) is 0.136. The zero-order valence-electron chi connectivity index (χ0n) is 32.2. The molecule has 0 unspecified atom stereocenters. The van der Waals surface area contributed by atoms with E-state index in [1.807, 2.05) is 109 Å². The van der Waals surface area contributed by atoms with Crippen molar-refractivity contribution in [3.8, 4) is 0 Å². The first-order valence-corrected chi connectivity index (χ1v) is 22.4. The number of hydrogen-bond donors (Lipinski definition) is 0. The highest BCUT2D eigenvalue weighted by atomic mass is 31.2. The third kappa shape index (κ3) is 10.0. The zero-order valence-corrected chi connectivity index (χ0v) is 34.0. The number of nitrogens with zero attached hydrogens (tertiary/aromatic N) is 1. The van der Waals surface area contributed by atoms with Crippen LogP contribution in [0.2, 0.25) is 0 Å². The van der Waals surface area contributed by atoms with Crippen LogP contribution in [0.5, 0.6) is 0 Å². The van der Waals surface area contributed by atoms with Gasteiger partial charge >= 0.3 is 0 Å². The third-order valence-electron chi connectivity index (χ3n) is 9.45. The van der Waals surface area contributed by atoms with E-state index in [1.54, 1.807) is 0 Å². The van der Waals surface area contributed by atoms with E-state index >= 15 is 0 Å². The molecule has 0 saturated heterocycles. The molecule has 0 bridgehead atoms. The molecular weight excluding hydrogens is 741 g/mol. The molecule has 0 atom stereocenters. The van der Waals surface area contributed by atoms with Gasteiger partial charge in [-0.25, -0.2) is 0 Å². The van der Waals surface area contributed by atoms with Gasteiger partial charge in [-0.05, 0) is 60.2 Å². The highest BCUT2D eigenvalue weighted by Gasteiger charge is 2.29. The predicted octanol–water partition coefficient (Wildman–Crippen LogP) is 11.9. The molecule has 0 fully saturated rings. The molecule has 0 radical (unpaired) electrons. The fourth-order valence-corrected chi connectivity index (χ4v) is 11.7. The van der Waals surface area contributed by atoms with E-state index in [0.29, 0.717) is 0 Å². The Morgan fingerprint density at radius 3 is 0.672 bits per heavy atom. The maximum atomic E-state index is 13.8. The van der Waals surface area contributed by atoms with Crippen molar-refractivity contribution in [2.45, 2.75) is 0 Å². The molecule has 0 N–H and O–H groups in total. The molecule has 0 aliphatic carbocycles. The topological polar surface area (TPSA) is 20.3 Å². The predicted molar refractivity (Wildman–Crippen MR) is 252 cm³/mol. The Kier molecular flexibility index (Phi) is 14.1. The first-order chi connectivity index (χ1) is 28.7. The first kappa shape index (κ1) is 39.7. The van der Waals surface area contributed by atoms with E-state index in [1.165, 1.54) is 33.0 Å². The Labute approximate surface area is 344 Å². The van der Waals surface area contributed by atoms with Crippen LogP contribution >= 0.6 is 15.1 Å². The van der Waals surface area contributed by atoms with Crippen LogP contribution in [0, 0.1) is 0 Å². The average molecular weight is 786 g/mol. The number of anilines is 3. The van der Waals surface area contributed by atoms with Crippen LogP contribution in [0.3, 0.4) is 0 Å². The second kappa shape index (κ2) is 20.6. The highest BCUT2D eigenvalue weighted by molar-refractivity contribution is 7.85. The summed E-state index contributed by atoms with van der Waals surface area (Å²) >= 11 is 0. The lowest BCUT2D eigenvalue weighted by atomic mass is 10.2. The molecule has 0 saturated carbocycles. The van der Waals surface area contributed by atoms with Gasteiger partial charge in [-0.15, -0.1) is 0 Å². The van der Waals surface area contributed by atoms with Gasteiger partial charge in [-0.2, -0.15) is 0 Å². The zero-order chi connectivity index (χ0) is 39.7. The van der Waals surface area contributed by atoms with Crippen molar-refractivity contribution in [2.24, 2.45) is 0 Å². The molecule has 2 nitrogen and oxygen atoms in total. The van der Waals surface area contributed by atoms with Crippen LogP contribution in [0.25, 0.3) is 0 Å². The summed E-state index contributed by atoms with van der Waals surface area (Å²) in [4.78, 5) is 2.25. The van der Waals surface area contributed by atoms with E-state index in [9.17, 15) is 4.57 Å². The van der Waals surface area contributed by atoms with Crippen LogP contribution in [-0.2, 0) is 4.57 Å². The van der Waals surface area contributed by atoms with Crippen LogP contribution in [0.15, 0.2) is 273 Å². The molecule has 0 aromatic heterocycles. The monoisotopic (exact) mass is 785 g/mol. The Morgan fingerprint density at radius 1 is 0.259 bits per heavy atom. The molecular formula is C54H45NOP2. The lowest BCUT2D eigenvalue weighted by molar-refractivity contribution is 0.592. The lowest BCUT2D eigenvalue weighted by Crippen LogP contribution is -2.24. The highest BCUT2D eigenvalue weighted by Crippen LogP contribution is 2.42. The fourth-order valence-electron chi connectivity index (χ4n) is 6.72. The van der Waals surface area contributed by atoms with Gasteiger partial charge in [-0.3, -0.25) is 0 Å². The van der Waals surface area contributed by atoms with Crippen molar-refractivity contribution < 1.29 is 4.57 Å². The van der Waals surface area contributed by atoms with Crippen molar-refractivity contribution in [3.05, 3.63) is 273 Å². The summed E-state index contributed by atoms with van der Waals surface area (Å²) in [5, 5.41) is 6.81. The van der Waals surface area contributed by atoms with Gasteiger partial charge in [0.05, 0.1) is 0 Å². The third-order valence-corrected chi connectivity index (χ3v) is 15.0. The van der Waals surface area contributed by atoms with Crippen molar-refractivity contribution >= 4 is 64.0 Å². The Bertz CT molecular complexity index is 2140. The Hall–Kier alpha value is -6.56. The smallest absolute Gasteiger partial charge is 0.171 e. The summed E-state index contributed by atoms with van der Waals surface area (Å²) in [5.41, 5.74) is 3.50. The van der Waals surface area contributed by atoms with E-state index in [4.69, 9.17) is 0 Å². The van der Waals surface area contributed by atoms with Crippen molar-refractivity contribution in [1.29, 1.82) is 0 Å². The largest absolute Gasteiger partial charge is 0.311 e. The van der Waals surface area contributed by atoms with Gasteiger partial charge in [0.15, 0.2) is 7.14 Å². The second-order valence-electron chi connectivity index (χ2n) is 13.3. The van der Waals surface area contributed by atoms with Crippen LogP contribution in [0.1, 0.15) is 0 Å². The Morgan fingerprint density at radius 2 is 0.448 bits per heavy atom. The minimum Gasteiger partial charge on any atom is -0.311 e. The number of para-hydroxylation sites is 3. The van der Waals surface area contributed by atoms with E-state index in [-0.39, 0.29) is 0 Å². The Balaban J connectivity index is 0.000000132. The number of benzene rings is 9. The molecule has 58 heavy (non-hydrogen) atoms. The van der Waals surface area contributed by atoms with Crippen molar-refractivity contribution in [3.63, 3.8) is 0 Å². The molecule has 9 aromatic carbocycles.